The SMILES string of the molecule is CN(C)C(=NC1CCCCC1)c1ccc(Cl)cc1. The first-order chi connectivity index (χ1) is 8.66. The van der Waals surface area contributed by atoms with Crippen LogP contribution in [-0.2, 0) is 0 Å². The van der Waals surface area contributed by atoms with Gasteiger partial charge in [0, 0.05) is 24.7 Å². The zero-order valence-electron chi connectivity index (χ0n) is 11.2. The van der Waals surface area contributed by atoms with Gasteiger partial charge >= 0.3 is 0 Å². The summed E-state index contributed by atoms with van der Waals surface area (Å²) in [6, 6.07) is 8.44. The lowest BCUT2D eigenvalue weighted by molar-refractivity contribution is 0.438. The van der Waals surface area contributed by atoms with Crippen LogP contribution in [0.2, 0.25) is 5.02 Å². The standard InChI is InChI=1S/C15H21ClN2/c1-18(2)15(12-8-10-13(16)11-9-12)17-14-6-4-3-5-7-14/h8-11,14H,3-7H2,1-2H3. The number of nitrogens with zero attached hydrogens (tertiary/aromatic N) is 2. The van der Waals surface area contributed by atoms with E-state index in [9.17, 15) is 0 Å². The van der Waals surface area contributed by atoms with E-state index in [0.29, 0.717) is 6.04 Å². The van der Waals surface area contributed by atoms with Crippen LogP contribution in [0.25, 0.3) is 0 Å². The minimum Gasteiger partial charge on any atom is -0.363 e. The first kappa shape index (κ1) is 13.4. The van der Waals surface area contributed by atoms with Crippen LogP contribution in [0.5, 0.6) is 0 Å². The van der Waals surface area contributed by atoms with Crippen molar-refractivity contribution in [3.63, 3.8) is 0 Å². The van der Waals surface area contributed by atoms with Crippen LogP contribution in [0.15, 0.2) is 29.3 Å². The second-order valence-electron chi connectivity index (χ2n) is 5.15. The summed E-state index contributed by atoms with van der Waals surface area (Å²) in [5.74, 6) is 1.07. The lowest BCUT2D eigenvalue weighted by Crippen LogP contribution is -2.26. The van der Waals surface area contributed by atoms with Crippen LogP contribution in [0, 0.1) is 0 Å². The van der Waals surface area contributed by atoms with Gasteiger partial charge in [-0.15, -0.1) is 0 Å². The second-order valence-corrected chi connectivity index (χ2v) is 5.58. The molecule has 0 radical (unpaired) electrons. The molecule has 2 nitrogen and oxygen atoms in total. The van der Waals surface area contributed by atoms with Gasteiger partial charge in [-0.25, -0.2) is 0 Å². The van der Waals surface area contributed by atoms with Gasteiger partial charge in [0.25, 0.3) is 0 Å². The molecule has 0 bridgehead atoms. The Kier molecular flexibility index (Phi) is 4.65. The molecule has 0 spiro atoms. The van der Waals surface area contributed by atoms with Crippen molar-refractivity contribution >= 4 is 17.4 Å². The van der Waals surface area contributed by atoms with Crippen LogP contribution < -0.4 is 0 Å². The van der Waals surface area contributed by atoms with Gasteiger partial charge < -0.3 is 4.90 Å². The zero-order chi connectivity index (χ0) is 13.0. The highest BCUT2D eigenvalue weighted by Gasteiger charge is 2.15. The van der Waals surface area contributed by atoms with Gasteiger partial charge in [-0.2, -0.15) is 0 Å². The molecule has 1 saturated carbocycles. The summed E-state index contributed by atoms with van der Waals surface area (Å²) in [5, 5.41) is 0.773. The van der Waals surface area contributed by atoms with Gasteiger partial charge in [-0.05, 0) is 37.1 Å². The van der Waals surface area contributed by atoms with E-state index in [2.05, 4.69) is 19.0 Å². The number of halogens is 1. The Labute approximate surface area is 115 Å². The fourth-order valence-corrected chi connectivity index (χ4v) is 2.56. The van der Waals surface area contributed by atoms with Gasteiger partial charge in [-0.1, -0.05) is 30.9 Å². The van der Waals surface area contributed by atoms with Crippen LogP contribution in [0.4, 0.5) is 0 Å². The van der Waals surface area contributed by atoms with Crippen molar-refractivity contribution < 1.29 is 0 Å². The molecule has 0 amide bonds. The highest BCUT2D eigenvalue weighted by atomic mass is 35.5. The van der Waals surface area contributed by atoms with Crippen molar-refractivity contribution in [2.24, 2.45) is 4.99 Å². The van der Waals surface area contributed by atoms with Crippen LogP contribution in [0.3, 0.4) is 0 Å². The molecule has 2 rings (SSSR count). The predicted molar refractivity (Wildman–Crippen MR) is 78.5 cm³/mol. The van der Waals surface area contributed by atoms with Gasteiger partial charge in [0.05, 0.1) is 6.04 Å². The molecule has 1 aliphatic carbocycles. The maximum atomic E-state index is 5.93. The van der Waals surface area contributed by atoms with Crippen LogP contribution in [-0.4, -0.2) is 30.9 Å². The van der Waals surface area contributed by atoms with Gasteiger partial charge in [0.1, 0.15) is 5.84 Å². The number of hydrogen-bond donors (Lipinski definition) is 0. The van der Waals surface area contributed by atoms with E-state index in [1.165, 1.54) is 32.1 Å². The van der Waals surface area contributed by atoms with E-state index in [1.54, 1.807) is 0 Å². The molecule has 1 aliphatic rings. The molecule has 18 heavy (non-hydrogen) atoms. The lowest BCUT2D eigenvalue weighted by atomic mass is 9.96. The summed E-state index contributed by atoms with van der Waals surface area (Å²) in [7, 11) is 4.10. The number of rotatable bonds is 2. The van der Waals surface area contributed by atoms with Crippen LogP contribution in [0.1, 0.15) is 37.7 Å². The molecular weight excluding hydrogens is 244 g/mol. The van der Waals surface area contributed by atoms with Crippen molar-refractivity contribution in [1.29, 1.82) is 0 Å². The molecule has 1 aromatic rings. The maximum Gasteiger partial charge on any atom is 0.130 e. The van der Waals surface area contributed by atoms with Crippen molar-refractivity contribution in [2.75, 3.05) is 14.1 Å². The summed E-state index contributed by atoms with van der Waals surface area (Å²) in [4.78, 5) is 7.03. The first-order valence-corrected chi connectivity index (χ1v) is 7.05. The summed E-state index contributed by atoms with van der Waals surface area (Å²) >= 11 is 5.93. The zero-order valence-corrected chi connectivity index (χ0v) is 12.0. The molecule has 3 heteroatoms. The molecule has 0 aromatic heterocycles. The molecular formula is C15H21ClN2. The van der Waals surface area contributed by atoms with Crippen molar-refractivity contribution in [1.82, 2.24) is 4.90 Å². The quantitative estimate of drug-likeness (QED) is 0.583. The van der Waals surface area contributed by atoms with Gasteiger partial charge in [-0.3, -0.25) is 4.99 Å². The molecule has 1 fully saturated rings. The average Bonchev–Trinajstić information content (AvgIpc) is 2.38. The number of amidine groups is 1. The Morgan fingerprint density at radius 2 is 1.72 bits per heavy atom. The minimum atomic E-state index is 0.492. The normalized spacial score (nSPS) is 17.8. The third kappa shape index (κ3) is 3.49. The molecule has 0 aliphatic heterocycles. The van der Waals surface area contributed by atoms with E-state index in [1.807, 2.05) is 24.3 Å². The number of hydrogen-bond acceptors (Lipinski definition) is 1. The van der Waals surface area contributed by atoms with E-state index in [0.717, 1.165) is 16.4 Å². The highest BCUT2D eigenvalue weighted by Crippen LogP contribution is 2.21. The Balaban J connectivity index is 2.21. The molecule has 0 heterocycles. The third-order valence-electron chi connectivity index (χ3n) is 3.41. The number of aliphatic imine (C=N–C) groups is 1. The maximum absolute atomic E-state index is 5.93. The minimum absolute atomic E-state index is 0.492. The Morgan fingerprint density at radius 1 is 1.11 bits per heavy atom. The van der Waals surface area contributed by atoms with Gasteiger partial charge in [0.2, 0.25) is 0 Å². The Morgan fingerprint density at radius 3 is 2.28 bits per heavy atom. The van der Waals surface area contributed by atoms with Crippen molar-refractivity contribution in [3.8, 4) is 0 Å². The first-order valence-electron chi connectivity index (χ1n) is 6.68. The summed E-state index contributed by atoms with van der Waals surface area (Å²) in [6.45, 7) is 0. The van der Waals surface area contributed by atoms with E-state index in [-0.39, 0.29) is 0 Å². The summed E-state index contributed by atoms with van der Waals surface area (Å²) in [5.41, 5.74) is 1.15. The summed E-state index contributed by atoms with van der Waals surface area (Å²) in [6.07, 6.45) is 6.45. The van der Waals surface area contributed by atoms with E-state index < -0.39 is 0 Å². The molecule has 0 atom stereocenters. The summed E-state index contributed by atoms with van der Waals surface area (Å²) < 4.78 is 0. The van der Waals surface area contributed by atoms with Crippen molar-refractivity contribution in [2.45, 2.75) is 38.1 Å². The smallest absolute Gasteiger partial charge is 0.130 e. The van der Waals surface area contributed by atoms with E-state index >= 15 is 0 Å². The van der Waals surface area contributed by atoms with Crippen LogP contribution >= 0.6 is 11.6 Å². The fraction of sp³-hybridized carbons (Fsp3) is 0.533. The lowest BCUT2D eigenvalue weighted by Gasteiger charge is -2.22. The monoisotopic (exact) mass is 264 g/mol. The topological polar surface area (TPSA) is 15.6 Å². The Hall–Kier alpha value is -1.02. The third-order valence-corrected chi connectivity index (χ3v) is 3.66. The molecule has 0 N–H and O–H groups in total. The molecule has 0 saturated heterocycles. The largest absolute Gasteiger partial charge is 0.363 e. The second kappa shape index (κ2) is 6.24. The predicted octanol–water partition coefficient (Wildman–Crippen LogP) is 3.98. The highest BCUT2D eigenvalue weighted by molar-refractivity contribution is 6.30. The van der Waals surface area contributed by atoms with Gasteiger partial charge in [0.15, 0.2) is 0 Å². The molecule has 98 valence electrons. The number of benzene rings is 1. The molecule has 0 unspecified atom stereocenters. The fourth-order valence-electron chi connectivity index (χ4n) is 2.43. The molecule has 1 aromatic carbocycles. The van der Waals surface area contributed by atoms with Crippen molar-refractivity contribution in [3.05, 3.63) is 34.9 Å². The average molecular weight is 265 g/mol. The Bertz CT molecular complexity index is 403. The van der Waals surface area contributed by atoms with E-state index in [4.69, 9.17) is 16.6 Å².